The summed E-state index contributed by atoms with van der Waals surface area (Å²) in [4.78, 5) is 19.1. The first-order chi connectivity index (χ1) is 10.2. The quantitative estimate of drug-likeness (QED) is 0.722. The van der Waals surface area contributed by atoms with Crippen molar-refractivity contribution in [3.8, 4) is 11.4 Å². The van der Waals surface area contributed by atoms with E-state index in [0.717, 1.165) is 5.56 Å². The molecule has 3 aromatic heterocycles. The van der Waals surface area contributed by atoms with Gasteiger partial charge in [-0.15, -0.1) is 0 Å². The van der Waals surface area contributed by atoms with E-state index in [1.165, 1.54) is 24.0 Å². The van der Waals surface area contributed by atoms with Crippen LogP contribution in [-0.2, 0) is 5.75 Å². The van der Waals surface area contributed by atoms with E-state index in [-0.39, 0.29) is 5.56 Å². The average molecular weight is 319 g/mol. The summed E-state index contributed by atoms with van der Waals surface area (Å²) in [6.45, 7) is 0. The molecule has 0 aromatic carbocycles. The molecule has 3 heterocycles. The lowest BCUT2D eigenvalue weighted by Crippen LogP contribution is -1.96. The normalized spacial score (nSPS) is 10.7. The highest BCUT2D eigenvalue weighted by atomic mass is 32.2. The average Bonchev–Trinajstić information content (AvgIpc) is 3.16. The highest BCUT2D eigenvalue weighted by Gasteiger charge is 2.10. The molecule has 0 saturated carbocycles. The van der Waals surface area contributed by atoms with Crippen LogP contribution in [0.25, 0.3) is 11.4 Å². The van der Waals surface area contributed by atoms with Crippen molar-refractivity contribution < 1.29 is 14.4 Å². The molecule has 0 unspecified atom stereocenters. The SMILES string of the molecule is O=C(O)c1ccc(SCc2nc(-c3ccsc3)no2)nc1. The Balaban J connectivity index is 1.64. The molecule has 8 heteroatoms. The fraction of sp³-hybridized carbons (Fsp3) is 0.0769. The maximum Gasteiger partial charge on any atom is 0.337 e. The summed E-state index contributed by atoms with van der Waals surface area (Å²) in [5, 5.41) is 17.3. The number of thioether (sulfide) groups is 1. The van der Waals surface area contributed by atoms with Gasteiger partial charge in [-0.05, 0) is 23.6 Å². The van der Waals surface area contributed by atoms with Crippen molar-refractivity contribution in [3.63, 3.8) is 0 Å². The van der Waals surface area contributed by atoms with Crippen molar-refractivity contribution in [2.24, 2.45) is 0 Å². The van der Waals surface area contributed by atoms with Gasteiger partial charge < -0.3 is 9.63 Å². The Kier molecular flexibility index (Phi) is 3.98. The van der Waals surface area contributed by atoms with Crippen molar-refractivity contribution in [1.82, 2.24) is 15.1 Å². The summed E-state index contributed by atoms with van der Waals surface area (Å²) in [6.07, 6.45) is 1.33. The molecule has 3 rings (SSSR count). The molecule has 0 bridgehead atoms. The number of aromatic nitrogens is 3. The van der Waals surface area contributed by atoms with Gasteiger partial charge in [0.15, 0.2) is 0 Å². The third-order valence-electron chi connectivity index (χ3n) is 2.57. The molecule has 106 valence electrons. The van der Waals surface area contributed by atoms with Crippen LogP contribution in [0.3, 0.4) is 0 Å². The molecule has 0 aliphatic heterocycles. The molecular weight excluding hydrogens is 310 g/mol. The maximum atomic E-state index is 10.7. The van der Waals surface area contributed by atoms with E-state index in [0.29, 0.717) is 22.5 Å². The van der Waals surface area contributed by atoms with Gasteiger partial charge in [-0.3, -0.25) is 0 Å². The molecule has 0 fully saturated rings. The minimum atomic E-state index is -0.989. The van der Waals surface area contributed by atoms with Crippen LogP contribution in [0.5, 0.6) is 0 Å². The summed E-state index contributed by atoms with van der Waals surface area (Å²) < 4.78 is 5.17. The van der Waals surface area contributed by atoms with Gasteiger partial charge >= 0.3 is 5.97 Å². The van der Waals surface area contributed by atoms with Crippen LogP contribution in [0, 0.1) is 0 Å². The van der Waals surface area contributed by atoms with Crippen LogP contribution in [0.15, 0.2) is 44.7 Å². The number of thiophene rings is 1. The summed E-state index contributed by atoms with van der Waals surface area (Å²) in [5.74, 6) is 0.569. The van der Waals surface area contributed by atoms with E-state index in [2.05, 4.69) is 15.1 Å². The molecule has 0 radical (unpaired) electrons. The first kappa shape index (κ1) is 13.8. The van der Waals surface area contributed by atoms with Gasteiger partial charge in [0.05, 0.1) is 16.3 Å². The predicted molar refractivity (Wildman–Crippen MR) is 78.4 cm³/mol. The standard InChI is InChI=1S/C13H9N3O3S2/c17-13(18)8-1-2-11(14-5-8)21-7-10-15-12(16-19-10)9-3-4-20-6-9/h1-6H,7H2,(H,17,18). The van der Waals surface area contributed by atoms with Crippen molar-refractivity contribution in [3.05, 3.63) is 46.6 Å². The zero-order chi connectivity index (χ0) is 14.7. The predicted octanol–water partition coefficient (Wildman–Crippen LogP) is 3.18. The van der Waals surface area contributed by atoms with Crippen molar-refractivity contribution >= 4 is 29.1 Å². The Morgan fingerprint density at radius 1 is 1.38 bits per heavy atom. The van der Waals surface area contributed by atoms with E-state index >= 15 is 0 Å². The Labute approximate surface area is 127 Å². The number of pyridine rings is 1. The van der Waals surface area contributed by atoms with Crippen LogP contribution in [0.1, 0.15) is 16.2 Å². The first-order valence-corrected chi connectivity index (χ1v) is 7.82. The second-order valence-electron chi connectivity index (χ2n) is 4.00. The second kappa shape index (κ2) is 6.06. The number of nitrogens with zero attached hydrogens (tertiary/aromatic N) is 3. The monoisotopic (exact) mass is 319 g/mol. The third kappa shape index (κ3) is 3.29. The van der Waals surface area contributed by atoms with E-state index in [1.54, 1.807) is 17.4 Å². The van der Waals surface area contributed by atoms with Gasteiger partial charge in [0.25, 0.3) is 0 Å². The number of hydrogen-bond acceptors (Lipinski definition) is 7. The fourth-order valence-electron chi connectivity index (χ4n) is 1.55. The Morgan fingerprint density at radius 3 is 2.95 bits per heavy atom. The van der Waals surface area contributed by atoms with Gasteiger partial charge in [0.2, 0.25) is 11.7 Å². The first-order valence-electron chi connectivity index (χ1n) is 5.89. The lowest BCUT2D eigenvalue weighted by molar-refractivity contribution is 0.0696. The topological polar surface area (TPSA) is 89.1 Å². The minimum Gasteiger partial charge on any atom is -0.478 e. The molecule has 3 aromatic rings. The lowest BCUT2D eigenvalue weighted by Gasteiger charge is -1.98. The van der Waals surface area contributed by atoms with Gasteiger partial charge in [0.1, 0.15) is 0 Å². The van der Waals surface area contributed by atoms with E-state index in [4.69, 9.17) is 9.63 Å². The van der Waals surface area contributed by atoms with E-state index < -0.39 is 5.97 Å². The Hall–Kier alpha value is -2.19. The fourth-order valence-corrected chi connectivity index (χ4v) is 2.86. The van der Waals surface area contributed by atoms with Crippen LogP contribution in [0.4, 0.5) is 0 Å². The van der Waals surface area contributed by atoms with Gasteiger partial charge in [-0.1, -0.05) is 16.9 Å². The van der Waals surface area contributed by atoms with Gasteiger partial charge in [-0.25, -0.2) is 9.78 Å². The molecular formula is C13H9N3O3S2. The van der Waals surface area contributed by atoms with Crippen molar-refractivity contribution in [2.45, 2.75) is 10.8 Å². The van der Waals surface area contributed by atoms with E-state index in [1.807, 2.05) is 16.8 Å². The summed E-state index contributed by atoms with van der Waals surface area (Å²) >= 11 is 2.98. The van der Waals surface area contributed by atoms with Crippen LogP contribution < -0.4 is 0 Å². The zero-order valence-corrected chi connectivity index (χ0v) is 12.2. The highest BCUT2D eigenvalue weighted by Crippen LogP contribution is 2.23. The molecule has 1 N–H and O–H groups in total. The molecule has 0 saturated heterocycles. The molecule has 0 spiro atoms. The maximum absolute atomic E-state index is 10.7. The van der Waals surface area contributed by atoms with Crippen LogP contribution in [-0.4, -0.2) is 26.2 Å². The summed E-state index contributed by atoms with van der Waals surface area (Å²) in [6, 6.07) is 5.10. The van der Waals surface area contributed by atoms with Crippen LogP contribution in [0.2, 0.25) is 0 Å². The third-order valence-corrected chi connectivity index (χ3v) is 4.19. The highest BCUT2D eigenvalue weighted by molar-refractivity contribution is 7.98. The Morgan fingerprint density at radius 2 is 2.29 bits per heavy atom. The minimum absolute atomic E-state index is 0.164. The molecule has 0 amide bonds. The molecule has 0 aliphatic rings. The Bertz CT molecular complexity index is 738. The molecule has 6 nitrogen and oxygen atoms in total. The van der Waals surface area contributed by atoms with Crippen molar-refractivity contribution in [1.29, 1.82) is 0 Å². The molecule has 21 heavy (non-hydrogen) atoms. The van der Waals surface area contributed by atoms with Gasteiger partial charge in [-0.2, -0.15) is 16.3 Å². The number of carboxylic acids is 1. The van der Waals surface area contributed by atoms with Crippen molar-refractivity contribution in [2.75, 3.05) is 0 Å². The lowest BCUT2D eigenvalue weighted by atomic mass is 10.3. The number of hydrogen-bond donors (Lipinski definition) is 1. The smallest absolute Gasteiger partial charge is 0.337 e. The second-order valence-corrected chi connectivity index (χ2v) is 5.78. The summed E-state index contributed by atoms with van der Waals surface area (Å²) in [7, 11) is 0. The zero-order valence-electron chi connectivity index (χ0n) is 10.6. The number of carbonyl (C=O) groups is 1. The van der Waals surface area contributed by atoms with E-state index in [9.17, 15) is 4.79 Å². The van der Waals surface area contributed by atoms with Crippen LogP contribution >= 0.6 is 23.1 Å². The largest absolute Gasteiger partial charge is 0.478 e. The van der Waals surface area contributed by atoms with Gasteiger partial charge in [0, 0.05) is 17.1 Å². The summed E-state index contributed by atoms with van der Waals surface area (Å²) in [5.41, 5.74) is 1.10. The number of carboxylic acid groups (broad SMARTS) is 1. The number of aromatic carboxylic acids is 1. The molecule has 0 aliphatic carbocycles. The molecule has 0 atom stereocenters. The number of rotatable bonds is 5.